The maximum atomic E-state index is 13.0. The van der Waals surface area contributed by atoms with E-state index in [4.69, 9.17) is 5.73 Å². The number of nitrogens with two attached hydrogens (primary N) is 1. The average molecular weight is 361 g/mol. The fourth-order valence-corrected chi connectivity index (χ4v) is 13.3. The molecule has 0 spiro atoms. The summed E-state index contributed by atoms with van der Waals surface area (Å²) in [6.45, 7) is 16.3. The van der Waals surface area contributed by atoms with Crippen LogP contribution in [0.4, 0.5) is 0 Å². The lowest BCUT2D eigenvalue weighted by molar-refractivity contribution is -0.166. The van der Waals surface area contributed by atoms with E-state index in [0.29, 0.717) is 0 Å². The number of β-lactam (4-membered cyclic amide) rings is 1. The van der Waals surface area contributed by atoms with Gasteiger partial charge in [0, 0.05) is 4.75 Å². The second-order valence-electron chi connectivity index (χ2n) is 9.04. The van der Waals surface area contributed by atoms with Crippen LogP contribution < -0.4 is 5.73 Å². The Labute approximate surface area is 139 Å². The van der Waals surface area contributed by atoms with Crippen LogP contribution in [0.25, 0.3) is 0 Å². The Morgan fingerprint density at radius 3 is 1.95 bits per heavy atom. The van der Waals surface area contributed by atoms with Gasteiger partial charge in [-0.15, -0.1) is 11.8 Å². The van der Waals surface area contributed by atoms with E-state index in [0.717, 1.165) is 0 Å². The molecule has 0 saturated carbocycles. The van der Waals surface area contributed by atoms with Crippen LogP contribution in [0.2, 0.25) is 39.3 Å². The van der Waals surface area contributed by atoms with E-state index in [1.54, 1.807) is 16.7 Å². The Kier molecular flexibility index (Phi) is 3.60. The van der Waals surface area contributed by atoms with E-state index >= 15 is 0 Å². The van der Waals surface area contributed by atoms with E-state index in [2.05, 4.69) is 19.6 Å². The first-order valence-electron chi connectivity index (χ1n) is 7.60. The normalized spacial score (nSPS) is 37.8. The maximum Gasteiger partial charge on any atom is 0.327 e. The summed E-state index contributed by atoms with van der Waals surface area (Å²) in [6, 6.07) is 0. The number of fused-ring (bicyclic) bond motifs is 1. The van der Waals surface area contributed by atoms with Crippen LogP contribution >= 0.6 is 11.8 Å². The Bertz CT molecular complexity index is 555. The third-order valence-corrected chi connectivity index (χ3v) is 13.8. The van der Waals surface area contributed by atoms with Crippen molar-refractivity contribution >= 4 is 39.8 Å². The summed E-state index contributed by atoms with van der Waals surface area (Å²) in [5.41, 5.74) is 6.57. The maximum absolute atomic E-state index is 13.0. The molecular formula is C14H28N2O3SSi2. The summed E-state index contributed by atoms with van der Waals surface area (Å²) in [5, 5.41) is 7.94. The number of thioether (sulfide) groups is 1. The monoisotopic (exact) mass is 360 g/mol. The molecule has 0 radical (unpaired) electrons. The van der Waals surface area contributed by atoms with Crippen molar-refractivity contribution in [3.63, 3.8) is 0 Å². The predicted molar refractivity (Wildman–Crippen MR) is 96.3 cm³/mol. The van der Waals surface area contributed by atoms with Crippen LogP contribution in [0.3, 0.4) is 0 Å². The summed E-state index contributed by atoms with van der Waals surface area (Å²) in [5.74, 6) is -1.03. The fraction of sp³-hybridized carbons (Fsp3) is 0.857. The third kappa shape index (κ3) is 1.69. The Morgan fingerprint density at radius 2 is 1.64 bits per heavy atom. The van der Waals surface area contributed by atoms with Gasteiger partial charge in [-0.05, 0) is 13.8 Å². The van der Waals surface area contributed by atoms with Gasteiger partial charge in [-0.1, -0.05) is 39.3 Å². The molecule has 2 aliphatic rings. The molecule has 5 nitrogen and oxygen atoms in total. The second kappa shape index (κ2) is 4.40. The largest absolute Gasteiger partial charge is 0.480 e. The van der Waals surface area contributed by atoms with Gasteiger partial charge in [0.2, 0.25) is 5.91 Å². The minimum Gasteiger partial charge on any atom is -0.480 e. The molecule has 2 fully saturated rings. The number of aliphatic carboxylic acids is 1. The molecule has 0 aromatic heterocycles. The molecule has 3 N–H and O–H groups in total. The highest BCUT2D eigenvalue weighted by Crippen LogP contribution is 2.63. The van der Waals surface area contributed by atoms with Crippen LogP contribution in [0, 0.1) is 0 Å². The number of rotatable bonds is 3. The summed E-state index contributed by atoms with van der Waals surface area (Å²) in [4.78, 5) is 27.1. The summed E-state index contributed by atoms with van der Waals surface area (Å²) in [7, 11) is -4.22. The van der Waals surface area contributed by atoms with Crippen molar-refractivity contribution in [3.05, 3.63) is 0 Å². The molecule has 8 heteroatoms. The molecule has 2 heterocycles. The topological polar surface area (TPSA) is 83.6 Å². The molecule has 0 bridgehead atoms. The van der Waals surface area contributed by atoms with E-state index in [1.165, 1.54) is 0 Å². The minimum absolute atomic E-state index is 0.153. The van der Waals surface area contributed by atoms with Crippen LogP contribution in [0.15, 0.2) is 0 Å². The van der Waals surface area contributed by atoms with Crippen molar-refractivity contribution in [2.24, 2.45) is 5.73 Å². The summed E-state index contributed by atoms with van der Waals surface area (Å²) < 4.78 is -0.551. The summed E-state index contributed by atoms with van der Waals surface area (Å²) in [6.07, 6.45) is 0. The lowest BCUT2D eigenvalue weighted by atomic mass is 9.94. The van der Waals surface area contributed by atoms with Crippen molar-refractivity contribution < 1.29 is 14.7 Å². The highest BCUT2D eigenvalue weighted by molar-refractivity contribution is 8.02. The van der Waals surface area contributed by atoms with Crippen molar-refractivity contribution in [1.82, 2.24) is 4.90 Å². The van der Waals surface area contributed by atoms with Gasteiger partial charge >= 0.3 is 5.97 Å². The van der Waals surface area contributed by atoms with Crippen LogP contribution in [-0.4, -0.2) is 58.5 Å². The van der Waals surface area contributed by atoms with E-state index in [9.17, 15) is 14.7 Å². The van der Waals surface area contributed by atoms with Crippen molar-refractivity contribution in [2.75, 3.05) is 0 Å². The lowest BCUT2D eigenvalue weighted by Gasteiger charge is -2.61. The molecule has 2 rings (SSSR count). The Morgan fingerprint density at radius 1 is 1.18 bits per heavy atom. The molecule has 2 saturated heterocycles. The zero-order chi connectivity index (χ0) is 17.5. The van der Waals surface area contributed by atoms with Crippen molar-refractivity contribution in [3.8, 4) is 0 Å². The minimum atomic E-state index is -2.25. The second-order valence-corrected chi connectivity index (χ2v) is 21.3. The first-order chi connectivity index (χ1) is 9.57. The smallest absolute Gasteiger partial charge is 0.327 e. The van der Waals surface area contributed by atoms with Crippen molar-refractivity contribution in [1.29, 1.82) is 0 Å². The zero-order valence-electron chi connectivity index (χ0n) is 14.8. The number of nitrogens with zero attached hydrogens (tertiary/aromatic N) is 1. The summed E-state index contributed by atoms with van der Waals surface area (Å²) >= 11 is 1.59. The van der Waals surface area contributed by atoms with Gasteiger partial charge < -0.3 is 15.7 Å². The molecule has 1 amide bonds. The molecule has 2 aliphatic heterocycles. The number of carbonyl (C=O) groups excluding carboxylic acids is 1. The van der Waals surface area contributed by atoms with E-state index < -0.39 is 37.2 Å². The van der Waals surface area contributed by atoms with Gasteiger partial charge in [-0.25, -0.2) is 4.79 Å². The van der Waals surface area contributed by atoms with Crippen LogP contribution in [0.1, 0.15) is 13.8 Å². The molecule has 1 unspecified atom stereocenters. The highest BCUT2D eigenvalue weighted by atomic mass is 32.2. The predicted octanol–water partition coefficient (Wildman–Crippen LogP) is 1.96. The molecule has 3 atom stereocenters. The standard InChI is InChI=1S/C14H28N2O3SSi2/c1-12(2)14(11(18)19,22(6,7)8)16-9(17)13(15,10(16)20-12)21(3,4)5/h10H,15H2,1-8H3,(H,18,19)/t10-,13?,14-/m1/s1. The van der Waals surface area contributed by atoms with Gasteiger partial charge in [0.1, 0.15) is 15.7 Å². The quantitative estimate of drug-likeness (QED) is 0.594. The van der Waals surface area contributed by atoms with Crippen LogP contribution in [0.5, 0.6) is 0 Å². The number of hydrogen-bond acceptors (Lipinski definition) is 4. The number of carbonyl (C=O) groups is 2. The zero-order valence-corrected chi connectivity index (χ0v) is 17.6. The average Bonchev–Trinajstić information content (AvgIpc) is 2.52. The number of amides is 1. The number of hydrogen-bond donors (Lipinski definition) is 2. The van der Waals surface area contributed by atoms with Gasteiger partial charge in [0.05, 0.1) is 16.1 Å². The third-order valence-electron chi connectivity index (χ3n) is 5.47. The SMILES string of the molecule is CC1(C)S[C@H]2N(C(=O)C2(N)[Si](C)(C)C)[C@]1(C(=O)O)[Si](C)(C)C. The molecule has 0 aliphatic carbocycles. The van der Waals surface area contributed by atoms with Gasteiger partial charge in [0.25, 0.3) is 0 Å². The molecule has 22 heavy (non-hydrogen) atoms. The Balaban J connectivity index is 2.68. The first kappa shape index (κ1) is 18.0. The first-order valence-corrected chi connectivity index (χ1v) is 15.5. The van der Waals surface area contributed by atoms with Crippen LogP contribution in [-0.2, 0) is 9.59 Å². The van der Waals surface area contributed by atoms with E-state index in [-0.39, 0.29) is 11.3 Å². The van der Waals surface area contributed by atoms with Crippen molar-refractivity contribution in [2.45, 2.75) is 73.6 Å². The molecule has 0 aromatic rings. The molecule has 126 valence electrons. The van der Waals surface area contributed by atoms with E-state index in [1.807, 2.05) is 33.5 Å². The van der Waals surface area contributed by atoms with Gasteiger partial charge in [-0.2, -0.15) is 0 Å². The molecular weight excluding hydrogens is 332 g/mol. The van der Waals surface area contributed by atoms with Gasteiger partial charge in [-0.3, -0.25) is 4.79 Å². The lowest BCUT2D eigenvalue weighted by Crippen LogP contribution is -2.90. The number of carboxylic acids is 1. The number of carboxylic acid groups (broad SMARTS) is 1. The highest BCUT2D eigenvalue weighted by Gasteiger charge is 2.81. The van der Waals surface area contributed by atoms with Gasteiger partial charge in [0.15, 0.2) is 0 Å². The fourth-order valence-electron chi connectivity index (χ4n) is 4.31. The molecule has 0 aromatic carbocycles. The Hall–Kier alpha value is -0.316.